The smallest absolute Gasteiger partial charge is 0.235 e. The molecule has 0 saturated heterocycles. The Hall–Kier alpha value is -3.51. The van der Waals surface area contributed by atoms with Gasteiger partial charge in [0.2, 0.25) is 18.6 Å². The van der Waals surface area contributed by atoms with Gasteiger partial charge in [0.05, 0.1) is 10.4 Å². The quantitative estimate of drug-likeness (QED) is 0.471. The first-order valence-electron chi connectivity index (χ1n) is 10.8. The van der Waals surface area contributed by atoms with Crippen LogP contribution < -0.4 is 20.1 Å². The molecule has 7 heteroatoms. The first-order valence-corrected chi connectivity index (χ1v) is 11.1. The Balaban J connectivity index is 0.00000171. The minimum Gasteiger partial charge on any atom is -0.454 e. The highest BCUT2D eigenvalue weighted by atomic mass is 35.5. The fourth-order valence-corrected chi connectivity index (χ4v) is 4.50. The van der Waals surface area contributed by atoms with Crippen LogP contribution in [-0.2, 0) is 15.0 Å². The fourth-order valence-electron chi connectivity index (χ4n) is 4.22. The molecular weight excluding hydrogens is 440 g/mol. The molecule has 2 amide bonds. The number of hydrogen-bond acceptors (Lipinski definition) is 4. The molecule has 1 aliphatic carbocycles. The second kappa shape index (κ2) is 8.12. The van der Waals surface area contributed by atoms with Crippen molar-refractivity contribution >= 4 is 34.8 Å². The highest BCUT2D eigenvalue weighted by Gasteiger charge is 2.51. The van der Waals surface area contributed by atoms with Crippen molar-refractivity contribution in [3.8, 4) is 22.6 Å². The number of halogens is 1. The number of amides is 2. The van der Waals surface area contributed by atoms with Crippen molar-refractivity contribution in [1.29, 1.82) is 0 Å². The average molecular weight is 467 g/mol. The maximum Gasteiger partial charge on any atom is 0.235 e. The van der Waals surface area contributed by atoms with Crippen LogP contribution in [0.3, 0.4) is 0 Å². The molecule has 0 unspecified atom stereocenters. The normalized spacial score (nSPS) is 15.1. The topological polar surface area (TPSA) is 76.7 Å². The van der Waals surface area contributed by atoms with Crippen LogP contribution in [0.5, 0.6) is 11.5 Å². The third-order valence-electron chi connectivity index (χ3n) is 6.18. The van der Waals surface area contributed by atoms with Crippen LogP contribution in [0.4, 0.5) is 11.4 Å². The van der Waals surface area contributed by atoms with Gasteiger partial charge in [-0.3, -0.25) is 9.59 Å². The molecule has 1 aliphatic heterocycles. The summed E-state index contributed by atoms with van der Waals surface area (Å²) in [7, 11) is 0. The Labute approximate surface area is 199 Å². The predicted octanol–water partition coefficient (Wildman–Crippen LogP) is 6.16. The molecule has 1 heterocycles. The van der Waals surface area contributed by atoms with E-state index in [2.05, 4.69) is 10.6 Å². The standard InChI is InChI=1S/C26H23ClN2O4.2H2/c1-15-3-5-18(12-21(15)20-7-6-19(13-22(20)27)28-16(2)30)29-25(31)26(9-10-26)17-4-8-23-24(11-17)33-14-32-23;;/h3-8,11-13H,9-10,14H2,1-2H3,(H,28,30)(H,29,31);2*1H. The summed E-state index contributed by atoms with van der Waals surface area (Å²) in [5.74, 6) is 1.19. The van der Waals surface area contributed by atoms with E-state index in [-0.39, 0.29) is 21.5 Å². The molecule has 1 saturated carbocycles. The lowest BCUT2D eigenvalue weighted by Crippen LogP contribution is -2.27. The van der Waals surface area contributed by atoms with Crippen molar-refractivity contribution < 1.29 is 21.9 Å². The third-order valence-corrected chi connectivity index (χ3v) is 6.50. The number of anilines is 2. The van der Waals surface area contributed by atoms with Crippen molar-refractivity contribution in [1.82, 2.24) is 0 Å². The minimum absolute atomic E-state index is 0. The first kappa shape index (κ1) is 21.3. The summed E-state index contributed by atoms with van der Waals surface area (Å²) in [6.07, 6.45) is 1.57. The fraction of sp³-hybridized carbons (Fsp3) is 0.231. The van der Waals surface area contributed by atoms with Crippen molar-refractivity contribution in [3.05, 3.63) is 70.7 Å². The van der Waals surface area contributed by atoms with E-state index in [1.165, 1.54) is 6.92 Å². The van der Waals surface area contributed by atoms with Gasteiger partial charge in [0.15, 0.2) is 11.5 Å². The summed E-state index contributed by atoms with van der Waals surface area (Å²) in [5.41, 5.74) is 4.50. The van der Waals surface area contributed by atoms with Gasteiger partial charge in [0.1, 0.15) is 0 Å². The summed E-state index contributed by atoms with van der Waals surface area (Å²) >= 11 is 6.53. The van der Waals surface area contributed by atoms with Crippen molar-refractivity contribution in [2.24, 2.45) is 0 Å². The van der Waals surface area contributed by atoms with Crippen LogP contribution in [-0.4, -0.2) is 18.6 Å². The molecule has 1 fully saturated rings. The number of hydrogen-bond donors (Lipinski definition) is 2. The molecule has 0 aromatic heterocycles. The molecule has 0 spiro atoms. The second-order valence-electron chi connectivity index (χ2n) is 8.51. The molecule has 33 heavy (non-hydrogen) atoms. The molecule has 3 aromatic carbocycles. The number of benzene rings is 3. The highest BCUT2D eigenvalue weighted by Crippen LogP contribution is 2.51. The van der Waals surface area contributed by atoms with Crippen LogP contribution in [0.1, 0.15) is 33.7 Å². The maximum atomic E-state index is 13.3. The van der Waals surface area contributed by atoms with Gasteiger partial charge in [-0.1, -0.05) is 29.8 Å². The van der Waals surface area contributed by atoms with Crippen LogP contribution in [0.25, 0.3) is 11.1 Å². The first-order chi connectivity index (χ1) is 15.9. The van der Waals surface area contributed by atoms with Gasteiger partial charge in [-0.15, -0.1) is 0 Å². The number of carbonyl (C=O) groups excluding carboxylic acids is 2. The number of aryl methyl sites for hydroxylation is 1. The van der Waals surface area contributed by atoms with Crippen LogP contribution >= 0.6 is 11.6 Å². The lowest BCUT2D eigenvalue weighted by Gasteiger charge is -2.18. The lowest BCUT2D eigenvalue weighted by atomic mass is 9.94. The van der Waals surface area contributed by atoms with Gasteiger partial charge in [0.25, 0.3) is 0 Å². The molecule has 6 nitrogen and oxygen atoms in total. The molecule has 0 radical (unpaired) electrons. The highest BCUT2D eigenvalue weighted by molar-refractivity contribution is 6.33. The second-order valence-corrected chi connectivity index (χ2v) is 8.92. The minimum atomic E-state index is -0.552. The predicted molar refractivity (Wildman–Crippen MR) is 132 cm³/mol. The monoisotopic (exact) mass is 466 g/mol. The van der Waals surface area contributed by atoms with Crippen LogP contribution in [0.15, 0.2) is 54.6 Å². The summed E-state index contributed by atoms with van der Waals surface area (Å²) in [5, 5.41) is 6.35. The zero-order chi connectivity index (χ0) is 23.2. The lowest BCUT2D eigenvalue weighted by molar-refractivity contribution is -0.118. The third kappa shape index (κ3) is 4.02. The van der Waals surface area contributed by atoms with E-state index >= 15 is 0 Å². The van der Waals surface area contributed by atoms with E-state index in [1.807, 2.05) is 55.5 Å². The van der Waals surface area contributed by atoms with E-state index in [1.54, 1.807) is 6.07 Å². The van der Waals surface area contributed by atoms with E-state index in [0.717, 1.165) is 35.1 Å². The van der Waals surface area contributed by atoms with Gasteiger partial charge in [-0.25, -0.2) is 0 Å². The van der Waals surface area contributed by atoms with E-state index in [4.69, 9.17) is 21.1 Å². The molecule has 0 bridgehead atoms. The largest absolute Gasteiger partial charge is 0.454 e. The summed E-state index contributed by atoms with van der Waals surface area (Å²) in [6, 6.07) is 16.9. The number of rotatable bonds is 5. The van der Waals surface area contributed by atoms with E-state index < -0.39 is 5.41 Å². The Morgan fingerprint density at radius 2 is 1.64 bits per heavy atom. The van der Waals surface area contributed by atoms with Crippen LogP contribution in [0, 0.1) is 6.92 Å². The van der Waals surface area contributed by atoms with Crippen LogP contribution in [0.2, 0.25) is 5.02 Å². The Morgan fingerprint density at radius 3 is 2.36 bits per heavy atom. The molecule has 3 aromatic rings. The average Bonchev–Trinajstić information content (AvgIpc) is 3.46. The number of fused-ring (bicyclic) bond motifs is 1. The molecule has 2 N–H and O–H groups in total. The Kier molecular flexibility index (Phi) is 5.25. The molecule has 0 atom stereocenters. The summed E-state index contributed by atoms with van der Waals surface area (Å²) < 4.78 is 10.9. The number of carbonyl (C=O) groups is 2. The zero-order valence-corrected chi connectivity index (χ0v) is 19.1. The summed E-state index contributed by atoms with van der Waals surface area (Å²) in [4.78, 5) is 24.6. The van der Waals surface area contributed by atoms with Gasteiger partial charge < -0.3 is 20.1 Å². The Bertz CT molecular complexity index is 1290. The molecular formula is C26H27ClN2O4. The van der Waals surface area contributed by atoms with Gasteiger partial charge in [-0.2, -0.15) is 0 Å². The van der Waals surface area contributed by atoms with Gasteiger partial charge >= 0.3 is 0 Å². The Morgan fingerprint density at radius 1 is 0.909 bits per heavy atom. The number of ether oxygens (including phenoxy) is 2. The van der Waals surface area contributed by atoms with Crippen molar-refractivity contribution in [3.63, 3.8) is 0 Å². The molecule has 172 valence electrons. The molecule has 5 rings (SSSR count). The van der Waals surface area contributed by atoms with Gasteiger partial charge in [-0.05, 0) is 72.9 Å². The maximum absolute atomic E-state index is 13.3. The van der Waals surface area contributed by atoms with E-state index in [0.29, 0.717) is 27.9 Å². The summed E-state index contributed by atoms with van der Waals surface area (Å²) in [6.45, 7) is 3.65. The SMILES string of the molecule is CC(=O)Nc1ccc(-c2cc(NC(=O)C3(c4ccc5c(c4)OCO5)CC3)ccc2C)c(Cl)c1.[HH].[HH]. The van der Waals surface area contributed by atoms with Crippen molar-refractivity contribution in [2.45, 2.75) is 32.1 Å². The zero-order valence-electron chi connectivity index (χ0n) is 18.3. The number of nitrogens with one attached hydrogen (secondary N) is 2. The van der Waals surface area contributed by atoms with Gasteiger partial charge in [0, 0.05) is 26.7 Å². The molecule has 2 aliphatic rings. The van der Waals surface area contributed by atoms with Crippen molar-refractivity contribution in [2.75, 3.05) is 17.4 Å². The van der Waals surface area contributed by atoms with E-state index in [9.17, 15) is 9.59 Å².